The van der Waals surface area contributed by atoms with Crippen LogP contribution in [-0.2, 0) is 42.8 Å². The molecule has 3 aliphatic rings. The molecule has 0 aromatic carbocycles. The summed E-state index contributed by atoms with van der Waals surface area (Å²) in [7, 11) is 0. The molecule has 0 aliphatic carbocycles. The number of carbonyl (C=O) groups is 3. The van der Waals surface area contributed by atoms with Crippen molar-refractivity contribution >= 4 is 17.8 Å². The van der Waals surface area contributed by atoms with E-state index in [1.807, 2.05) is 0 Å². The maximum atomic E-state index is 12.7. The van der Waals surface area contributed by atoms with Crippen molar-refractivity contribution in [3.05, 3.63) is 0 Å². The van der Waals surface area contributed by atoms with Crippen molar-refractivity contribution in [1.29, 1.82) is 0 Å². The summed E-state index contributed by atoms with van der Waals surface area (Å²) < 4.78 is 33.6. The summed E-state index contributed by atoms with van der Waals surface area (Å²) in [6.07, 6.45) is -24.9. The Morgan fingerprint density at radius 1 is 0.878 bits per heavy atom. The number of aliphatic carboxylic acids is 1. The molecule has 49 heavy (non-hydrogen) atoms. The van der Waals surface area contributed by atoms with Gasteiger partial charge in [0.15, 0.2) is 12.6 Å². The van der Waals surface area contributed by atoms with Crippen LogP contribution in [0.4, 0.5) is 0 Å². The molecule has 284 valence electrons. The lowest BCUT2D eigenvalue weighted by molar-refractivity contribution is -0.382. The van der Waals surface area contributed by atoms with Gasteiger partial charge in [0.05, 0.1) is 38.6 Å². The number of amides is 2. The number of nitrogens with one attached hydrogen (secondary N) is 2. The molecule has 22 nitrogen and oxygen atoms in total. The second-order valence-corrected chi connectivity index (χ2v) is 11.9. The summed E-state index contributed by atoms with van der Waals surface area (Å²) in [5.74, 6) is -6.37. The molecule has 16 atom stereocenters. The number of rotatable bonds is 15. The molecule has 3 fully saturated rings. The first-order chi connectivity index (χ1) is 23.0. The highest BCUT2D eigenvalue weighted by Gasteiger charge is 2.60. The van der Waals surface area contributed by atoms with Crippen molar-refractivity contribution < 1.29 is 93.9 Å². The van der Waals surface area contributed by atoms with Crippen LogP contribution in [0.2, 0.25) is 0 Å². The van der Waals surface area contributed by atoms with Crippen molar-refractivity contribution in [3.63, 3.8) is 0 Å². The van der Waals surface area contributed by atoms with Gasteiger partial charge in [-0.25, -0.2) is 4.79 Å². The van der Waals surface area contributed by atoms with E-state index >= 15 is 0 Å². The average molecular weight is 718 g/mol. The van der Waals surface area contributed by atoms with Crippen LogP contribution in [0.1, 0.15) is 20.3 Å². The molecule has 0 aromatic heterocycles. The second-order valence-electron chi connectivity index (χ2n) is 11.9. The number of hydrogen-bond acceptors (Lipinski definition) is 19. The van der Waals surface area contributed by atoms with Crippen molar-refractivity contribution in [1.82, 2.24) is 10.6 Å². The van der Waals surface area contributed by atoms with Gasteiger partial charge in [-0.1, -0.05) is 0 Å². The lowest BCUT2D eigenvalue weighted by Crippen LogP contribution is -2.71. The third kappa shape index (κ3) is 9.36. The normalized spacial score (nSPS) is 41.0. The molecule has 0 bridgehead atoms. The smallest absolute Gasteiger partial charge is 0.364 e. The predicted molar refractivity (Wildman–Crippen MR) is 154 cm³/mol. The molecule has 0 spiro atoms. The van der Waals surface area contributed by atoms with Crippen LogP contribution in [0, 0.1) is 0 Å². The molecular formula is C27H47N3O19. The minimum absolute atomic E-state index is 0.0367. The number of nitrogens with two attached hydrogens (primary N) is 1. The van der Waals surface area contributed by atoms with E-state index in [1.165, 1.54) is 0 Å². The van der Waals surface area contributed by atoms with Gasteiger partial charge in [0.2, 0.25) is 11.8 Å². The first-order valence-corrected chi connectivity index (χ1v) is 15.4. The van der Waals surface area contributed by atoms with E-state index in [0.29, 0.717) is 0 Å². The van der Waals surface area contributed by atoms with Crippen LogP contribution in [0.15, 0.2) is 0 Å². The van der Waals surface area contributed by atoms with Crippen molar-refractivity contribution in [2.45, 2.75) is 118 Å². The first-order valence-electron chi connectivity index (χ1n) is 15.4. The number of ether oxygens (including phenoxy) is 6. The zero-order chi connectivity index (χ0) is 36.8. The van der Waals surface area contributed by atoms with Gasteiger partial charge in [-0.3, -0.25) is 9.59 Å². The number of carbonyl (C=O) groups excluding carboxylic acids is 2. The van der Waals surface area contributed by atoms with E-state index in [9.17, 15) is 65.4 Å². The Morgan fingerprint density at radius 3 is 2.00 bits per heavy atom. The fourth-order valence-corrected chi connectivity index (χ4v) is 5.88. The van der Waals surface area contributed by atoms with Crippen LogP contribution in [0.25, 0.3) is 0 Å². The molecule has 2 amide bonds. The molecule has 3 rings (SSSR count). The van der Waals surface area contributed by atoms with E-state index in [-0.39, 0.29) is 13.2 Å². The highest BCUT2D eigenvalue weighted by molar-refractivity contribution is 5.76. The Balaban J connectivity index is 1.95. The molecule has 0 aromatic rings. The van der Waals surface area contributed by atoms with E-state index in [4.69, 9.17) is 34.2 Å². The Bertz CT molecular complexity index is 1110. The molecule has 3 aliphatic heterocycles. The van der Waals surface area contributed by atoms with E-state index in [2.05, 4.69) is 10.6 Å². The summed E-state index contributed by atoms with van der Waals surface area (Å²) >= 11 is 0. The number of carboxylic acid groups (broad SMARTS) is 1. The third-order valence-electron chi connectivity index (χ3n) is 8.25. The zero-order valence-electron chi connectivity index (χ0n) is 26.6. The summed E-state index contributed by atoms with van der Waals surface area (Å²) in [5, 5.41) is 110. The molecule has 14 unspecified atom stereocenters. The minimum atomic E-state index is -3.03. The largest absolute Gasteiger partial charge is 0.477 e. The molecule has 3 saturated heterocycles. The fraction of sp³-hybridized carbons (Fsp3) is 0.889. The fourth-order valence-electron chi connectivity index (χ4n) is 5.88. The van der Waals surface area contributed by atoms with Gasteiger partial charge in [-0.15, -0.1) is 0 Å². The van der Waals surface area contributed by atoms with Gasteiger partial charge in [0, 0.05) is 26.8 Å². The molecular weight excluding hydrogens is 670 g/mol. The first kappa shape index (κ1) is 41.2. The van der Waals surface area contributed by atoms with Crippen molar-refractivity contribution in [3.8, 4) is 0 Å². The van der Waals surface area contributed by atoms with Crippen LogP contribution in [0.3, 0.4) is 0 Å². The van der Waals surface area contributed by atoms with E-state index in [0.717, 1.165) is 13.8 Å². The quantitative estimate of drug-likeness (QED) is 0.0748. The maximum absolute atomic E-state index is 12.7. The SMILES string of the molecule is CC(=O)NC1C(OCCN)OC(CO)C(OC2OC(CO)C(O)C(OC3(C(=O)O)CC(O)C(NC(C)=O)C([C@H](O)[C@H](O)CO)O3)C2O)C1O. The summed E-state index contributed by atoms with van der Waals surface area (Å²) in [6.45, 7) is -0.677. The standard InChI is InChI=1S/C27H47N3O19/c1-9(34)29-15-11(36)5-27(26(42)43,48-22(15)17(38)12(37)6-31)49-23-18(39)13(7-32)45-25(20(23)41)47-21-14(8-33)46-24(44-4-3-28)16(19(21)40)30-10(2)35/h11-25,31-33,36-41H,3-8,28H2,1-2H3,(H,29,34)(H,30,35)(H,42,43)/t11?,12-,13?,14?,15?,16?,17-,18?,19?,20?,21?,22?,23?,24?,25?,27?/m1/s1. The lowest BCUT2D eigenvalue weighted by Gasteiger charge is -2.51. The number of carboxylic acids is 1. The Kier molecular flexibility index (Phi) is 15.0. The Hall–Kier alpha value is -2.23. The Labute approximate surface area is 279 Å². The monoisotopic (exact) mass is 717 g/mol. The Morgan fingerprint density at radius 2 is 1.47 bits per heavy atom. The van der Waals surface area contributed by atoms with Crippen LogP contribution in [0.5, 0.6) is 0 Å². The molecule has 3 heterocycles. The van der Waals surface area contributed by atoms with Crippen molar-refractivity contribution in [2.75, 3.05) is 33.0 Å². The molecule has 22 heteroatoms. The number of hydrogen-bond donors (Lipinski definition) is 13. The maximum Gasteiger partial charge on any atom is 0.364 e. The highest BCUT2D eigenvalue weighted by Crippen LogP contribution is 2.38. The molecule has 0 radical (unpaired) electrons. The number of aliphatic hydroxyl groups excluding tert-OH is 9. The van der Waals surface area contributed by atoms with Gasteiger partial charge >= 0.3 is 5.97 Å². The van der Waals surface area contributed by atoms with Gasteiger partial charge in [-0.05, 0) is 0 Å². The highest BCUT2D eigenvalue weighted by atomic mass is 16.8. The van der Waals surface area contributed by atoms with E-state index < -0.39 is 142 Å². The molecule has 14 N–H and O–H groups in total. The van der Waals surface area contributed by atoms with Gasteiger partial charge in [-0.2, -0.15) is 0 Å². The second kappa shape index (κ2) is 17.8. The number of aliphatic hydroxyl groups is 9. The van der Waals surface area contributed by atoms with Crippen LogP contribution >= 0.6 is 0 Å². The third-order valence-corrected chi connectivity index (χ3v) is 8.25. The van der Waals surface area contributed by atoms with Crippen LogP contribution < -0.4 is 16.4 Å². The zero-order valence-corrected chi connectivity index (χ0v) is 26.6. The van der Waals surface area contributed by atoms with Gasteiger partial charge < -0.3 is 95.9 Å². The minimum Gasteiger partial charge on any atom is -0.477 e. The summed E-state index contributed by atoms with van der Waals surface area (Å²) in [6, 6.07) is -2.86. The predicted octanol–water partition coefficient (Wildman–Crippen LogP) is -8.10. The topological polar surface area (TPSA) is 359 Å². The van der Waals surface area contributed by atoms with Crippen LogP contribution in [-0.4, -0.2) is 199 Å². The molecule has 0 saturated carbocycles. The van der Waals surface area contributed by atoms with Crippen molar-refractivity contribution in [2.24, 2.45) is 5.73 Å². The average Bonchev–Trinajstić information content (AvgIpc) is 3.05. The van der Waals surface area contributed by atoms with Gasteiger partial charge in [0.25, 0.3) is 5.79 Å². The summed E-state index contributed by atoms with van der Waals surface area (Å²) in [5.41, 5.74) is 5.47. The van der Waals surface area contributed by atoms with E-state index in [1.54, 1.807) is 0 Å². The lowest BCUT2D eigenvalue weighted by atomic mass is 9.88. The van der Waals surface area contributed by atoms with Gasteiger partial charge in [0.1, 0.15) is 67.1 Å². The summed E-state index contributed by atoms with van der Waals surface area (Å²) in [4.78, 5) is 36.4.